The number of furan rings is 1. The Kier molecular flexibility index (Phi) is 3.08. The summed E-state index contributed by atoms with van der Waals surface area (Å²) < 4.78 is 32.4. The first-order valence-corrected chi connectivity index (χ1v) is 9.21. The molecule has 0 aliphatic carbocycles. The van der Waals surface area contributed by atoms with Gasteiger partial charge in [0, 0.05) is 32.7 Å². The van der Waals surface area contributed by atoms with E-state index >= 15 is 0 Å². The van der Waals surface area contributed by atoms with Gasteiger partial charge in [-0.15, -0.1) is 0 Å². The van der Waals surface area contributed by atoms with Crippen LogP contribution in [0.25, 0.3) is 44.5 Å². The summed E-state index contributed by atoms with van der Waals surface area (Å²) in [6, 6.07) is 19.8. The Morgan fingerprint density at radius 1 is 0.964 bits per heavy atom. The maximum atomic E-state index is 8.07. The van der Waals surface area contributed by atoms with Gasteiger partial charge in [-0.2, -0.15) is 0 Å². The molecule has 0 saturated heterocycles. The zero-order valence-corrected chi connectivity index (χ0v) is 15.7. The Morgan fingerprint density at radius 2 is 1.82 bits per heavy atom. The third kappa shape index (κ3) is 2.51. The number of pyridine rings is 2. The molecule has 0 bridgehead atoms. The topological polar surface area (TPSA) is 29.9 Å². The Hall–Kier alpha value is -3.46. The normalized spacial score (nSPS) is 13.4. The van der Waals surface area contributed by atoms with Crippen LogP contribution in [0.4, 0.5) is 0 Å². The molecule has 0 aliphatic rings. The molecule has 3 heteroatoms. The van der Waals surface area contributed by atoms with E-state index in [2.05, 4.69) is 40.0 Å². The first-order chi connectivity index (χ1) is 14.8. The van der Waals surface area contributed by atoms with Gasteiger partial charge in [-0.3, -0.25) is 0 Å². The minimum atomic E-state index is -2.26. The summed E-state index contributed by atoms with van der Waals surface area (Å²) in [6.07, 6.45) is 3.73. The van der Waals surface area contributed by atoms with Crippen molar-refractivity contribution in [3.63, 3.8) is 0 Å². The lowest BCUT2D eigenvalue weighted by Gasteiger charge is -2.09. The van der Waals surface area contributed by atoms with E-state index in [9.17, 15) is 0 Å². The summed E-state index contributed by atoms with van der Waals surface area (Å²) in [5.74, 6) is 0. The summed E-state index contributed by atoms with van der Waals surface area (Å²) in [4.78, 5) is 4.33. The fourth-order valence-electron chi connectivity index (χ4n) is 3.90. The Bertz CT molecular complexity index is 1440. The van der Waals surface area contributed by atoms with Gasteiger partial charge in [-0.25, -0.2) is 9.55 Å². The van der Waals surface area contributed by atoms with Crippen molar-refractivity contribution >= 4 is 22.1 Å². The van der Waals surface area contributed by atoms with Gasteiger partial charge < -0.3 is 4.42 Å². The average molecular weight is 368 g/mol. The van der Waals surface area contributed by atoms with E-state index < -0.39 is 6.85 Å². The highest BCUT2D eigenvalue weighted by atomic mass is 16.3. The predicted molar refractivity (Wildman–Crippen MR) is 113 cm³/mol. The Labute approximate surface area is 168 Å². The van der Waals surface area contributed by atoms with Crippen LogP contribution >= 0.6 is 0 Å². The van der Waals surface area contributed by atoms with Crippen molar-refractivity contribution in [2.24, 2.45) is 7.05 Å². The second-order valence-electron chi connectivity index (χ2n) is 7.06. The van der Waals surface area contributed by atoms with E-state index in [0.717, 1.165) is 27.9 Å². The standard InChI is InChI=1S/C25H21N2O/c1-16-14-17(2)23(24-22(16)20-10-7-13-26-25(20)28-24)21-12-11-19(15-27(21)3)18-8-5-4-6-9-18/h4-15H,1-3H3/q+1/i1D3. The van der Waals surface area contributed by atoms with Crippen LogP contribution < -0.4 is 4.57 Å². The SMILES string of the molecule is [2H]C([2H])([2H])c1cc(C)c(-c2ccc(-c3ccccc3)c[n+]2C)c2oc3ncccc3c12. The molecular formula is C25H21N2O+. The van der Waals surface area contributed by atoms with Gasteiger partial charge in [0.25, 0.3) is 0 Å². The van der Waals surface area contributed by atoms with E-state index in [-0.39, 0.29) is 0 Å². The van der Waals surface area contributed by atoms with Gasteiger partial charge in [0.2, 0.25) is 11.4 Å². The van der Waals surface area contributed by atoms with Crippen LogP contribution in [0.3, 0.4) is 0 Å². The van der Waals surface area contributed by atoms with Crippen molar-refractivity contribution in [1.29, 1.82) is 0 Å². The van der Waals surface area contributed by atoms with Crippen LogP contribution in [-0.2, 0) is 7.05 Å². The van der Waals surface area contributed by atoms with Crippen LogP contribution in [0.15, 0.2) is 77.5 Å². The second-order valence-corrected chi connectivity index (χ2v) is 7.06. The van der Waals surface area contributed by atoms with Gasteiger partial charge >= 0.3 is 0 Å². The molecule has 5 rings (SSSR count). The number of hydrogen-bond acceptors (Lipinski definition) is 2. The minimum Gasteiger partial charge on any atom is -0.437 e. The van der Waals surface area contributed by atoms with Crippen molar-refractivity contribution in [2.45, 2.75) is 13.8 Å². The molecule has 0 amide bonds. The molecule has 2 aromatic carbocycles. The number of aryl methyl sites for hydroxylation is 3. The van der Waals surface area contributed by atoms with E-state index in [1.54, 1.807) is 18.3 Å². The first-order valence-electron chi connectivity index (χ1n) is 10.7. The number of nitrogens with zero attached hydrogens (tertiary/aromatic N) is 2. The van der Waals surface area contributed by atoms with E-state index in [4.69, 9.17) is 8.53 Å². The van der Waals surface area contributed by atoms with Crippen molar-refractivity contribution < 1.29 is 13.1 Å². The van der Waals surface area contributed by atoms with Crippen molar-refractivity contribution in [1.82, 2.24) is 4.98 Å². The quantitative estimate of drug-likeness (QED) is 0.371. The molecule has 0 N–H and O–H groups in total. The number of rotatable bonds is 2. The monoisotopic (exact) mass is 368 g/mol. The molecule has 3 nitrogen and oxygen atoms in total. The third-order valence-corrected chi connectivity index (χ3v) is 5.21. The number of fused-ring (bicyclic) bond motifs is 3. The van der Waals surface area contributed by atoms with Crippen LogP contribution in [0, 0.1) is 13.8 Å². The number of aromatic nitrogens is 2. The van der Waals surface area contributed by atoms with Crippen molar-refractivity contribution in [3.8, 4) is 22.4 Å². The summed E-state index contributed by atoms with van der Waals surface area (Å²) >= 11 is 0. The molecule has 0 unspecified atom stereocenters. The van der Waals surface area contributed by atoms with Crippen LogP contribution in [0.2, 0.25) is 0 Å². The van der Waals surface area contributed by atoms with Crippen molar-refractivity contribution in [3.05, 3.63) is 84.2 Å². The minimum absolute atomic E-state index is 0.291. The van der Waals surface area contributed by atoms with Crippen LogP contribution in [0.1, 0.15) is 15.2 Å². The maximum absolute atomic E-state index is 8.07. The van der Waals surface area contributed by atoms with Gasteiger partial charge in [-0.1, -0.05) is 36.4 Å². The molecule has 28 heavy (non-hydrogen) atoms. The lowest BCUT2D eigenvalue weighted by molar-refractivity contribution is -0.659. The average Bonchev–Trinajstić information content (AvgIpc) is 3.13. The fourth-order valence-corrected chi connectivity index (χ4v) is 3.90. The van der Waals surface area contributed by atoms with Gasteiger partial charge in [0.05, 0.1) is 5.56 Å². The lowest BCUT2D eigenvalue weighted by Crippen LogP contribution is -2.31. The van der Waals surface area contributed by atoms with Gasteiger partial charge in [-0.05, 0) is 48.7 Å². The summed E-state index contributed by atoms with van der Waals surface area (Å²) in [5, 5.41) is 1.32. The van der Waals surface area contributed by atoms with Gasteiger partial charge in [0.15, 0.2) is 11.8 Å². The molecule has 0 spiro atoms. The summed E-state index contributed by atoms with van der Waals surface area (Å²) in [5.41, 5.74) is 6.20. The molecule has 136 valence electrons. The highest BCUT2D eigenvalue weighted by Crippen LogP contribution is 2.38. The third-order valence-electron chi connectivity index (χ3n) is 5.21. The van der Waals surface area contributed by atoms with Gasteiger partial charge in [0.1, 0.15) is 7.05 Å². The summed E-state index contributed by atoms with van der Waals surface area (Å²) in [6.45, 7) is -0.330. The molecule has 0 atom stereocenters. The smallest absolute Gasteiger partial charge is 0.227 e. The predicted octanol–water partition coefficient (Wildman–Crippen LogP) is 5.76. The molecule has 5 aromatic rings. The Balaban J connectivity index is 1.81. The van der Waals surface area contributed by atoms with E-state index in [1.807, 2.05) is 38.2 Å². The lowest BCUT2D eigenvalue weighted by atomic mass is 9.96. The first kappa shape index (κ1) is 13.7. The molecule has 0 fully saturated rings. The molecule has 3 heterocycles. The van der Waals surface area contributed by atoms with E-state index in [0.29, 0.717) is 27.6 Å². The fraction of sp³-hybridized carbons (Fsp3) is 0.120. The highest BCUT2D eigenvalue weighted by Gasteiger charge is 2.22. The Morgan fingerprint density at radius 3 is 2.61 bits per heavy atom. The molecule has 0 aliphatic heterocycles. The second kappa shape index (κ2) is 6.31. The largest absolute Gasteiger partial charge is 0.437 e. The molecule has 3 aromatic heterocycles. The van der Waals surface area contributed by atoms with Crippen molar-refractivity contribution in [2.75, 3.05) is 0 Å². The molecular weight excluding hydrogens is 344 g/mol. The van der Waals surface area contributed by atoms with E-state index in [1.165, 1.54) is 0 Å². The molecule has 0 radical (unpaired) electrons. The highest BCUT2D eigenvalue weighted by molar-refractivity contribution is 6.10. The number of benzene rings is 2. The zero-order chi connectivity index (χ0) is 21.8. The number of hydrogen-bond donors (Lipinski definition) is 0. The zero-order valence-electron chi connectivity index (χ0n) is 18.7. The van der Waals surface area contributed by atoms with Crippen LogP contribution in [0.5, 0.6) is 0 Å². The maximum Gasteiger partial charge on any atom is 0.227 e. The molecule has 0 saturated carbocycles. The van der Waals surface area contributed by atoms with Crippen LogP contribution in [-0.4, -0.2) is 4.98 Å². The summed E-state index contributed by atoms with van der Waals surface area (Å²) in [7, 11) is 1.99.